The second-order valence-corrected chi connectivity index (χ2v) is 5.77. The number of aliphatic hydroxyl groups is 1. The molecule has 2 unspecified atom stereocenters. The average molecular weight is 282 g/mol. The van der Waals surface area contributed by atoms with Gasteiger partial charge in [0, 0.05) is 0 Å². The maximum absolute atomic E-state index is 10.5. The molecule has 2 aromatic rings. The summed E-state index contributed by atoms with van der Waals surface area (Å²) in [4.78, 5) is 0. The number of hydrogen-bond acceptors (Lipinski definition) is 1. The number of benzene rings is 2. The Morgan fingerprint density at radius 1 is 0.810 bits per heavy atom. The summed E-state index contributed by atoms with van der Waals surface area (Å²) >= 11 is 0. The largest absolute Gasteiger partial charge is 0.388 e. The first-order valence-corrected chi connectivity index (χ1v) is 8.09. The summed E-state index contributed by atoms with van der Waals surface area (Å²) in [6, 6.07) is 20.6. The Hall–Kier alpha value is -1.60. The monoisotopic (exact) mass is 282 g/mol. The van der Waals surface area contributed by atoms with Crippen molar-refractivity contribution in [3.63, 3.8) is 0 Å². The summed E-state index contributed by atoms with van der Waals surface area (Å²) in [6.07, 6.45) is 5.32. The van der Waals surface area contributed by atoms with Crippen LogP contribution in [0.3, 0.4) is 0 Å². The first-order valence-electron chi connectivity index (χ1n) is 8.09. The van der Waals surface area contributed by atoms with Gasteiger partial charge in [0.1, 0.15) is 0 Å². The molecule has 0 spiro atoms. The van der Waals surface area contributed by atoms with Gasteiger partial charge in [0.25, 0.3) is 0 Å². The summed E-state index contributed by atoms with van der Waals surface area (Å²) in [5, 5.41) is 10.5. The van der Waals surface area contributed by atoms with Gasteiger partial charge in [0.2, 0.25) is 0 Å². The third-order valence-electron chi connectivity index (χ3n) is 4.12. The maximum atomic E-state index is 10.5. The van der Waals surface area contributed by atoms with Crippen LogP contribution >= 0.6 is 0 Å². The summed E-state index contributed by atoms with van der Waals surface area (Å²) in [5.41, 5.74) is 2.37. The van der Waals surface area contributed by atoms with Crippen LogP contribution in [0.25, 0.3) is 0 Å². The molecule has 2 atom stereocenters. The number of rotatable bonds is 8. The summed E-state index contributed by atoms with van der Waals surface area (Å²) < 4.78 is 0. The highest BCUT2D eigenvalue weighted by molar-refractivity contribution is 5.22. The second kappa shape index (κ2) is 8.63. The van der Waals surface area contributed by atoms with Gasteiger partial charge in [-0.15, -0.1) is 0 Å². The first kappa shape index (κ1) is 15.8. The predicted molar refractivity (Wildman–Crippen MR) is 89.3 cm³/mol. The fraction of sp³-hybridized carbons (Fsp3) is 0.400. The molecule has 21 heavy (non-hydrogen) atoms. The molecule has 0 aliphatic rings. The van der Waals surface area contributed by atoms with Crippen molar-refractivity contribution in [1.82, 2.24) is 0 Å². The van der Waals surface area contributed by atoms with E-state index in [1.165, 1.54) is 24.8 Å². The highest BCUT2D eigenvalue weighted by Gasteiger charge is 2.17. The molecule has 1 N–H and O–H groups in total. The van der Waals surface area contributed by atoms with Crippen LogP contribution in [0.1, 0.15) is 62.2 Å². The smallest absolute Gasteiger partial charge is 0.0795 e. The molecular formula is C20H26O. The van der Waals surface area contributed by atoms with Crippen LogP contribution in [-0.4, -0.2) is 5.11 Å². The van der Waals surface area contributed by atoms with Crippen molar-refractivity contribution in [1.29, 1.82) is 0 Å². The van der Waals surface area contributed by atoms with Crippen LogP contribution in [0.15, 0.2) is 60.7 Å². The Bertz CT molecular complexity index is 492. The van der Waals surface area contributed by atoms with Crippen LogP contribution in [0, 0.1) is 0 Å². The van der Waals surface area contributed by atoms with Gasteiger partial charge in [0.15, 0.2) is 0 Å². The molecule has 0 aliphatic heterocycles. The topological polar surface area (TPSA) is 20.2 Å². The summed E-state index contributed by atoms with van der Waals surface area (Å²) in [7, 11) is 0. The number of unbranched alkanes of at least 4 members (excludes halogenated alkanes) is 2. The van der Waals surface area contributed by atoms with E-state index in [2.05, 4.69) is 37.3 Å². The Morgan fingerprint density at radius 3 is 1.95 bits per heavy atom. The molecular weight excluding hydrogens is 256 g/mol. The molecule has 0 saturated heterocycles. The van der Waals surface area contributed by atoms with Crippen molar-refractivity contribution in [2.45, 2.75) is 51.0 Å². The number of hydrogen-bond donors (Lipinski definition) is 1. The van der Waals surface area contributed by atoms with E-state index in [-0.39, 0.29) is 6.10 Å². The molecule has 0 aliphatic carbocycles. The Balaban J connectivity index is 2.05. The fourth-order valence-corrected chi connectivity index (χ4v) is 2.87. The minimum Gasteiger partial charge on any atom is -0.388 e. The van der Waals surface area contributed by atoms with Gasteiger partial charge in [-0.05, 0) is 29.9 Å². The summed E-state index contributed by atoms with van der Waals surface area (Å²) in [6.45, 7) is 2.23. The lowest BCUT2D eigenvalue weighted by molar-refractivity contribution is 0.155. The first-order chi connectivity index (χ1) is 10.3. The highest BCUT2D eigenvalue weighted by atomic mass is 16.3. The average Bonchev–Trinajstić information content (AvgIpc) is 2.55. The lowest BCUT2D eigenvalue weighted by atomic mass is 9.87. The normalized spacial score (nSPS) is 13.8. The van der Waals surface area contributed by atoms with E-state index in [1.54, 1.807) is 0 Å². The zero-order chi connectivity index (χ0) is 14.9. The molecule has 2 rings (SSSR count). The van der Waals surface area contributed by atoms with Gasteiger partial charge >= 0.3 is 0 Å². The van der Waals surface area contributed by atoms with Crippen molar-refractivity contribution in [3.8, 4) is 0 Å². The van der Waals surface area contributed by atoms with Gasteiger partial charge < -0.3 is 5.11 Å². The van der Waals surface area contributed by atoms with Gasteiger partial charge in [-0.2, -0.15) is 0 Å². The van der Waals surface area contributed by atoms with Gasteiger partial charge in [-0.25, -0.2) is 0 Å². The minimum atomic E-state index is -0.377. The van der Waals surface area contributed by atoms with Crippen LogP contribution in [0.4, 0.5) is 0 Å². The zero-order valence-electron chi connectivity index (χ0n) is 12.9. The highest BCUT2D eigenvalue weighted by Crippen LogP contribution is 2.32. The van der Waals surface area contributed by atoms with E-state index in [0.29, 0.717) is 5.92 Å². The molecule has 0 bridgehead atoms. The Morgan fingerprint density at radius 2 is 1.38 bits per heavy atom. The van der Waals surface area contributed by atoms with E-state index in [0.717, 1.165) is 18.4 Å². The Kier molecular flexibility index (Phi) is 6.49. The fourth-order valence-electron chi connectivity index (χ4n) is 2.87. The lowest BCUT2D eigenvalue weighted by Crippen LogP contribution is -2.06. The van der Waals surface area contributed by atoms with Crippen LogP contribution in [0.2, 0.25) is 0 Å². The standard InChI is InChI=1S/C20H26O/c1-2-3-6-15-19(17-11-7-4-8-12-17)16-20(21)18-13-9-5-10-14-18/h4-5,7-14,19-21H,2-3,6,15-16H2,1H3. The van der Waals surface area contributed by atoms with Crippen LogP contribution < -0.4 is 0 Å². The second-order valence-electron chi connectivity index (χ2n) is 5.77. The molecule has 0 amide bonds. The molecule has 0 aromatic heterocycles. The van der Waals surface area contributed by atoms with E-state index < -0.39 is 0 Å². The van der Waals surface area contributed by atoms with Crippen molar-refractivity contribution >= 4 is 0 Å². The van der Waals surface area contributed by atoms with E-state index in [1.807, 2.05) is 30.3 Å². The van der Waals surface area contributed by atoms with Gasteiger partial charge in [0.05, 0.1) is 6.10 Å². The van der Waals surface area contributed by atoms with E-state index in [4.69, 9.17) is 0 Å². The van der Waals surface area contributed by atoms with E-state index in [9.17, 15) is 5.11 Å². The zero-order valence-corrected chi connectivity index (χ0v) is 12.9. The van der Waals surface area contributed by atoms with Crippen molar-refractivity contribution in [3.05, 3.63) is 71.8 Å². The van der Waals surface area contributed by atoms with Crippen molar-refractivity contribution in [2.75, 3.05) is 0 Å². The minimum absolute atomic E-state index is 0.377. The van der Waals surface area contributed by atoms with Gasteiger partial charge in [-0.3, -0.25) is 0 Å². The predicted octanol–water partition coefficient (Wildman–Crippen LogP) is 5.47. The van der Waals surface area contributed by atoms with Crippen LogP contribution in [0.5, 0.6) is 0 Å². The quantitative estimate of drug-likeness (QED) is 0.636. The third-order valence-corrected chi connectivity index (χ3v) is 4.12. The molecule has 112 valence electrons. The molecule has 0 saturated carbocycles. The van der Waals surface area contributed by atoms with Gasteiger partial charge in [-0.1, -0.05) is 86.8 Å². The Labute approximate surface area is 128 Å². The maximum Gasteiger partial charge on any atom is 0.0795 e. The van der Waals surface area contributed by atoms with E-state index >= 15 is 0 Å². The molecule has 1 nitrogen and oxygen atoms in total. The van der Waals surface area contributed by atoms with Crippen LogP contribution in [-0.2, 0) is 0 Å². The molecule has 2 aromatic carbocycles. The number of aliphatic hydroxyl groups excluding tert-OH is 1. The molecule has 1 heteroatoms. The molecule has 0 fully saturated rings. The third kappa shape index (κ3) is 5.02. The lowest BCUT2D eigenvalue weighted by Gasteiger charge is -2.21. The molecule has 0 heterocycles. The van der Waals surface area contributed by atoms with Crippen molar-refractivity contribution < 1.29 is 5.11 Å². The molecule has 0 radical (unpaired) electrons. The summed E-state index contributed by atoms with van der Waals surface area (Å²) in [5.74, 6) is 0.438. The SMILES string of the molecule is CCCCCC(CC(O)c1ccccc1)c1ccccc1. The van der Waals surface area contributed by atoms with Crippen molar-refractivity contribution in [2.24, 2.45) is 0 Å².